The van der Waals surface area contributed by atoms with Crippen molar-refractivity contribution in [2.24, 2.45) is 0 Å². The van der Waals surface area contributed by atoms with Gasteiger partial charge in [-0.3, -0.25) is 18.1 Å². The summed E-state index contributed by atoms with van der Waals surface area (Å²) in [5, 5.41) is -0.673. The van der Waals surface area contributed by atoms with Gasteiger partial charge in [-0.05, 0) is 12.5 Å². The van der Waals surface area contributed by atoms with Crippen molar-refractivity contribution in [3.63, 3.8) is 0 Å². The molecule has 0 aromatic carbocycles. The van der Waals surface area contributed by atoms with E-state index in [1.165, 1.54) is 28.4 Å². The molecule has 7 nitrogen and oxygen atoms in total. The van der Waals surface area contributed by atoms with Crippen LogP contribution in [0, 0.1) is 0 Å². The van der Waals surface area contributed by atoms with Crippen molar-refractivity contribution in [3.8, 4) is 0 Å². The average molecular weight is 361 g/mol. The Morgan fingerprint density at radius 2 is 1.71 bits per heavy atom. The van der Waals surface area contributed by atoms with Gasteiger partial charge in [0.05, 0.1) is 6.61 Å². The lowest BCUT2D eigenvalue weighted by Crippen LogP contribution is -2.34. The van der Waals surface area contributed by atoms with Crippen molar-refractivity contribution in [1.82, 2.24) is 0 Å². The molecule has 0 aromatic rings. The maximum absolute atomic E-state index is 12.8. The van der Waals surface area contributed by atoms with Gasteiger partial charge in [0, 0.05) is 33.5 Å². The SMILES string of the molecule is COP(=O)(OC)OCC1(P(=O)(OC)OC)C=CC(Cl)=CC1. The van der Waals surface area contributed by atoms with E-state index >= 15 is 0 Å². The van der Waals surface area contributed by atoms with Gasteiger partial charge < -0.3 is 9.05 Å². The predicted molar refractivity (Wildman–Crippen MR) is 79.6 cm³/mol. The highest BCUT2D eigenvalue weighted by molar-refractivity contribution is 7.56. The van der Waals surface area contributed by atoms with Crippen LogP contribution in [-0.2, 0) is 31.7 Å². The molecule has 0 aliphatic heterocycles. The molecule has 1 aliphatic carbocycles. The van der Waals surface area contributed by atoms with E-state index in [0.717, 1.165) is 0 Å². The highest BCUT2D eigenvalue weighted by Gasteiger charge is 2.50. The Morgan fingerprint density at radius 3 is 2.10 bits per heavy atom. The van der Waals surface area contributed by atoms with E-state index in [9.17, 15) is 9.13 Å². The lowest BCUT2D eigenvalue weighted by Gasteiger charge is -2.36. The lowest BCUT2D eigenvalue weighted by molar-refractivity contribution is 0.136. The zero-order chi connectivity index (χ0) is 16.1. The molecule has 0 bridgehead atoms. The lowest BCUT2D eigenvalue weighted by atomic mass is 10.0. The molecule has 1 atom stereocenters. The number of hydrogen-bond donors (Lipinski definition) is 0. The fourth-order valence-electron chi connectivity index (χ4n) is 1.84. The van der Waals surface area contributed by atoms with Crippen molar-refractivity contribution >= 4 is 27.0 Å². The first kappa shape index (κ1) is 19.1. The van der Waals surface area contributed by atoms with Crippen LogP contribution in [-0.4, -0.2) is 40.2 Å². The second-order valence-corrected chi connectivity index (χ2v) is 9.11. The number of rotatable bonds is 8. The van der Waals surface area contributed by atoms with Crippen LogP contribution in [0.2, 0.25) is 0 Å². The number of allylic oxidation sites excluding steroid dienone is 3. The van der Waals surface area contributed by atoms with Gasteiger partial charge in [-0.15, -0.1) is 0 Å². The summed E-state index contributed by atoms with van der Waals surface area (Å²) in [5.41, 5.74) is 0. The van der Waals surface area contributed by atoms with Crippen LogP contribution in [0.4, 0.5) is 0 Å². The van der Waals surface area contributed by atoms with Gasteiger partial charge in [0.1, 0.15) is 5.16 Å². The van der Waals surface area contributed by atoms with Gasteiger partial charge in [0.15, 0.2) is 0 Å². The van der Waals surface area contributed by atoms with Crippen LogP contribution in [0.5, 0.6) is 0 Å². The molecule has 1 aliphatic rings. The van der Waals surface area contributed by atoms with Gasteiger partial charge in [-0.25, -0.2) is 4.57 Å². The van der Waals surface area contributed by atoms with Gasteiger partial charge in [0.25, 0.3) is 0 Å². The van der Waals surface area contributed by atoms with Gasteiger partial charge in [0.2, 0.25) is 0 Å². The number of halogens is 1. The minimum absolute atomic E-state index is 0.231. The third kappa shape index (κ3) is 4.06. The summed E-state index contributed by atoms with van der Waals surface area (Å²) in [4.78, 5) is 0. The Hall–Kier alpha value is 0.0300. The minimum atomic E-state index is -3.72. The fourth-order valence-corrected chi connectivity index (χ4v) is 4.50. The highest BCUT2D eigenvalue weighted by atomic mass is 35.5. The molecule has 0 radical (unpaired) electrons. The third-order valence-electron chi connectivity index (χ3n) is 3.15. The Kier molecular flexibility index (Phi) is 6.84. The Morgan fingerprint density at radius 1 is 1.14 bits per heavy atom. The van der Waals surface area contributed by atoms with Crippen molar-refractivity contribution in [2.45, 2.75) is 11.6 Å². The molecule has 0 spiro atoms. The van der Waals surface area contributed by atoms with Crippen LogP contribution in [0.15, 0.2) is 23.3 Å². The average Bonchev–Trinajstić information content (AvgIpc) is 2.53. The Balaban J connectivity index is 3.09. The first-order valence-corrected chi connectivity index (χ1v) is 9.31. The minimum Gasteiger partial charge on any atom is -0.311 e. The molecule has 0 N–H and O–H groups in total. The van der Waals surface area contributed by atoms with Crippen molar-refractivity contribution in [3.05, 3.63) is 23.3 Å². The van der Waals surface area contributed by atoms with Gasteiger partial charge in [-0.1, -0.05) is 23.8 Å². The summed E-state index contributed by atoms with van der Waals surface area (Å²) < 4.78 is 49.5. The molecule has 122 valence electrons. The predicted octanol–water partition coefficient (Wildman–Crippen LogP) is 3.71. The van der Waals surface area contributed by atoms with Gasteiger partial charge >= 0.3 is 15.4 Å². The van der Waals surface area contributed by atoms with Crippen molar-refractivity contribution in [2.75, 3.05) is 35.0 Å². The van der Waals surface area contributed by atoms with Crippen molar-refractivity contribution < 1.29 is 31.7 Å². The van der Waals surface area contributed by atoms with Gasteiger partial charge in [-0.2, -0.15) is 0 Å². The zero-order valence-electron chi connectivity index (χ0n) is 12.3. The van der Waals surface area contributed by atoms with Crippen LogP contribution in [0.1, 0.15) is 6.42 Å². The highest BCUT2D eigenvalue weighted by Crippen LogP contribution is 2.64. The second kappa shape index (κ2) is 7.53. The summed E-state index contributed by atoms with van der Waals surface area (Å²) in [5.74, 6) is 0. The summed E-state index contributed by atoms with van der Waals surface area (Å²) in [6.07, 6.45) is 5.01. The fraction of sp³-hybridized carbons (Fsp3) is 0.636. The standard InChI is InChI=1S/C11H19ClO7P2/c1-15-20(13,16-2)11(7-5-10(12)6-8-11)9-19-21(14,17-3)18-4/h5-7H,8-9H2,1-4H3. The normalized spacial score (nSPS) is 23.2. The molecule has 0 heterocycles. The maximum atomic E-state index is 12.8. The topological polar surface area (TPSA) is 80.3 Å². The summed E-state index contributed by atoms with van der Waals surface area (Å²) in [6, 6.07) is 0. The smallest absolute Gasteiger partial charge is 0.311 e. The van der Waals surface area contributed by atoms with Crippen LogP contribution in [0.25, 0.3) is 0 Å². The molecule has 1 unspecified atom stereocenters. The van der Waals surface area contributed by atoms with Crippen LogP contribution in [0.3, 0.4) is 0 Å². The third-order valence-corrected chi connectivity index (χ3v) is 7.28. The molecule has 10 heteroatoms. The largest absolute Gasteiger partial charge is 0.474 e. The molecule has 21 heavy (non-hydrogen) atoms. The van der Waals surface area contributed by atoms with E-state index in [1.54, 1.807) is 18.2 Å². The van der Waals surface area contributed by atoms with Crippen LogP contribution < -0.4 is 0 Å². The summed E-state index contributed by atoms with van der Waals surface area (Å²) in [7, 11) is -2.36. The number of phosphoric ester groups is 1. The molecule has 1 rings (SSSR count). The van der Waals surface area contributed by atoms with Crippen LogP contribution >= 0.6 is 27.0 Å². The monoisotopic (exact) mass is 360 g/mol. The molecule has 0 saturated heterocycles. The number of phosphoric acid groups is 1. The second-order valence-electron chi connectivity index (χ2n) is 4.18. The Labute approximate surface area is 129 Å². The van der Waals surface area contributed by atoms with E-state index in [1.807, 2.05) is 0 Å². The number of hydrogen-bond acceptors (Lipinski definition) is 7. The molecule has 0 fully saturated rings. The van der Waals surface area contributed by atoms with E-state index in [2.05, 4.69) is 0 Å². The van der Waals surface area contributed by atoms with E-state index < -0.39 is 20.6 Å². The molecule has 0 saturated carbocycles. The van der Waals surface area contributed by atoms with Crippen molar-refractivity contribution in [1.29, 1.82) is 0 Å². The molecule has 0 aromatic heterocycles. The molecule has 0 amide bonds. The zero-order valence-corrected chi connectivity index (χ0v) is 14.8. The molecular weight excluding hydrogens is 342 g/mol. The maximum Gasteiger partial charge on any atom is 0.474 e. The quantitative estimate of drug-likeness (QED) is 0.610. The first-order valence-electron chi connectivity index (χ1n) is 5.93. The first-order chi connectivity index (χ1) is 9.80. The summed E-state index contributed by atoms with van der Waals surface area (Å²) >= 11 is 5.88. The van der Waals surface area contributed by atoms with E-state index in [4.69, 9.17) is 34.2 Å². The van der Waals surface area contributed by atoms with E-state index in [0.29, 0.717) is 5.03 Å². The Bertz CT molecular complexity index is 503. The summed E-state index contributed by atoms with van der Waals surface area (Å²) in [6.45, 7) is -0.248. The molecular formula is C11H19ClO7P2. The van der Waals surface area contributed by atoms with E-state index in [-0.39, 0.29) is 13.0 Å².